The van der Waals surface area contributed by atoms with Crippen LogP contribution < -0.4 is 14.8 Å². The maximum atomic E-state index is 12.2. The molecule has 3 aromatic rings. The minimum atomic E-state index is -0.610. The molecule has 0 atom stereocenters. The molecule has 0 bridgehead atoms. The maximum absolute atomic E-state index is 12.2. The van der Waals surface area contributed by atoms with E-state index in [-0.39, 0.29) is 16.4 Å². The summed E-state index contributed by atoms with van der Waals surface area (Å²) in [5, 5.41) is 13.5. The van der Waals surface area contributed by atoms with Crippen LogP contribution in [0.25, 0.3) is 6.08 Å². The fraction of sp³-hybridized carbons (Fsp3) is 0.0870. The monoisotopic (exact) mass is 438 g/mol. The second-order valence-electron chi connectivity index (χ2n) is 6.43. The molecule has 0 saturated carbocycles. The van der Waals surface area contributed by atoms with Crippen LogP contribution in [0.2, 0.25) is 5.02 Å². The molecular weight excluding hydrogens is 420 g/mol. The molecule has 31 heavy (non-hydrogen) atoms. The molecule has 0 heterocycles. The van der Waals surface area contributed by atoms with Crippen molar-refractivity contribution in [3.05, 3.63) is 99.1 Å². The topological polar surface area (TPSA) is 90.7 Å². The van der Waals surface area contributed by atoms with Crippen LogP contribution in [0.1, 0.15) is 11.1 Å². The Kier molecular flexibility index (Phi) is 7.24. The van der Waals surface area contributed by atoms with Gasteiger partial charge in [0.2, 0.25) is 5.91 Å². The van der Waals surface area contributed by atoms with E-state index >= 15 is 0 Å². The van der Waals surface area contributed by atoms with Crippen molar-refractivity contribution in [3.8, 4) is 11.5 Å². The summed E-state index contributed by atoms with van der Waals surface area (Å²) in [6, 6.07) is 19.1. The summed E-state index contributed by atoms with van der Waals surface area (Å²) in [7, 11) is 1.54. The van der Waals surface area contributed by atoms with Crippen molar-refractivity contribution < 1.29 is 19.2 Å². The fourth-order valence-electron chi connectivity index (χ4n) is 2.73. The van der Waals surface area contributed by atoms with E-state index in [2.05, 4.69) is 5.32 Å². The predicted molar refractivity (Wildman–Crippen MR) is 120 cm³/mol. The third kappa shape index (κ3) is 6.07. The summed E-state index contributed by atoms with van der Waals surface area (Å²) < 4.78 is 11.2. The van der Waals surface area contributed by atoms with E-state index in [1.54, 1.807) is 31.4 Å². The van der Waals surface area contributed by atoms with E-state index < -0.39 is 10.8 Å². The zero-order valence-corrected chi connectivity index (χ0v) is 17.3. The number of hydrogen-bond acceptors (Lipinski definition) is 5. The largest absolute Gasteiger partial charge is 0.493 e. The SMILES string of the molecule is COc1cc(/C=C/C(=O)Nc2ccc(Cl)c([N+](=O)[O-])c2)ccc1OCc1ccccc1. The molecule has 0 aromatic heterocycles. The van der Waals surface area contributed by atoms with Gasteiger partial charge < -0.3 is 14.8 Å². The van der Waals surface area contributed by atoms with Crippen LogP contribution in [0.3, 0.4) is 0 Å². The molecule has 1 amide bonds. The number of nitrogens with one attached hydrogen (secondary N) is 1. The zero-order chi connectivity index (χ0) is 22.2. The number of halogens is 1. The number of carbonyl (C=O) groups excluding carboxylic acids is 1. The standard InChI is InChI=1S/C23H19ClN2O5/c1-30-22-13-16(7-11-21(22)31-15-17-5-3-2-4-6-17)8-12-23(27)25-18-9-10-19(24)20(14-18)26(28)29/h2-14H,15H2,1H3,(H,25,27)/b12-8+. The number of carbonyl (C=O) groups is 1. The van der Waals surface area contributed by atoms with Crippen molar-refractivity contribution >= 4 is 35.0 Å². The predicted octanol–water partition coefficient (Wildman–Crippen LogP) is 5.49. The molecule has 0 aliphatic carbocycles. The van der Waals surface area contributed by atoms with Gasteiger partial charge in [-0.2, -0.15) is 0 Å². The first-order chi connectivity index (χ1) is 15.0. The first-order valence-electron chi connectivity index (χ1n) is 9.24. The van der Waals surface area contributed by atoms with Crippen molar-refractivity contribution in [3.63, 3.8) is 0 Å². The second kappa shape index (κ2) is 10.3. The average molecular weight is 439 g/mol. The van der Waals surface area contributed by atoms with Crippen molar-refractivity contribution in [1.29, 1.82) is 0 Å². The van der Waals surface area contributed by atoms with E-state index in [4.69, 9.17) is 21.1 Å². The highest BCUT2D eigenvalue weighted by Crippen LogP contribution is 2.30. The summed E-state index contributed by atoms with van der Waals surface area (Å²) in [6.45, 7) is 0.405. The lowest BCUT2D eigenvalue weighted by Crippen LogP contribution is -2.08. The van der Waals surface area contributed by atoms with E-state index in [1.807, 2.05) is 30.3 Å². The molecule has 0 aliphatic rings. The Morgan fingerprint density at radius 2 is 1.87 bits per heavy atom. The highest BCUT2D eigenvalue weighted by molar-refractivity contribution is 6.32. The molecule has 158 valence electrons. The smallest absolute Gasteiger partial charge is 0.289 e. The summed E-state index contributed by atoms with van der Waals surface area (Å²) in [6.07, 6.45) is 2.92. The van der Waals surface area contributed by atoms with Gasteiger partial charge in [-0.15, -0.1) is 0 Å². The van der Waals surface area contributed by atoms with Crippen LogP contribution in [-0.4, -0.2) is 17.9 Å². The minimum absolute atomic E-state index is 0.000194. The van der Waals surface area contributed by atoms with E-state index in [0.717, 1.165) is 11.1 Å². The average Bonchev–Trinajstić information content (AvgIpc) is 2.78. The Balaban J connectivity index is 1.65. The van der Waals surface area contributed by atoms with Crippen molar-refractivity contribution in [1.82, 2.24) is 0 Å². The number of amides is 1. The first-order valence-corrected chi connectivity index (χ1v) is 9.62. The second-order valence-corrected chi connectivity index (χ2v) is 6.84. The number of nitro benzene ring substituents is 1. The minimum Gasteiger partial charge on any atom is -0.493 e. The van der Waals surface area contributed by atoms with Crippen LogP contribution in [0.15, 0.2) is 72.8 Å². The molecule has 8 heteroatoms. The lowest BCUT2D eigenvalue weighted by Gasteiger charge is -2.11. The highest BCUT2D eigenvalue weighted by atomic mass is 35.5. The van der Waals surface area contributed by atoms with Gasteiger partial charge in [-0.3, -0.25) is 14.9 Å². The van der Waals surface area contributed by atoms with Crippen LogP contribution >= 0.6 is 11.6 Å². The number of nitro groups is 1. The maximum Gasteiger partial charge on any atom is 0.289 e. The van der Waals surface area contributed by atoms with Crippen LogP contribution in [-0.2, 0) is 11.4 Å². The number of hydrogen-bond donors (Lipinski definition) is 1. The quantitative estimate of drug-likeness (QED) is 0.285. The summed E-state index contributed by atoms with van der Waals surface area (Å²) in [5.74, 6) is 0.674. The molecule has 0 radical (unpaired) electrons. The number of benzene rings is 3. The van der Waals surface area contributed by atoms with Crippen LogP contribution in [0, 0.1) is 10.1 Å². The van der Waals surface area contributed by atoms with Gasteiger partial charge in [0.1, 0.15) is 11.6 Å². The third-order valence-corrected chi connectivity index (χ3v) is 4.58. The lowest BCUT2D eigenvalue weighted by molar-refractivity contribution is -0.384. The van der Waals surface area contributed by atoms with E-state index in [1.165, 1.54) is 24.3 Å². The van der Waals surface area contributed by atoms with Gasteiger partial charge in [0.05, 0.1) is 12.0 Å². The summed E-state index contributed by atoms with van der Waals surface area (Å²) in [5.41, 5.74) is 1.75. The van der Waals surface area contributed by atoms with Gasteiger partial charge in [-0.1, -0.05) is 48.0 Å². The van der Waals surface area contributed by atoms with Crippen molar-refractivity contribution in [2.24, 2.45) is 0 Å². The number of ether oxygens (including phenoxy) is 2. The molecule has 7 nitrogen and oxygen atoms in total. The van der Waals surface area contributed by atoms with Gasteiger partial charge in [0.25, 0.3) is 5.69 Å². The Morgan fingerprint density at radius 3 is 2.58 bits per heavy atom. The fourth-order valence-corrected chi connectivity index (χ4v) is 2.92. The number of methoxy groups -OCH3 is 1. The third-order valence-electron chi connectivity index (χ3n) is 4.26. The zero-order valence-electron chi connectivity index (χ0n) is 16.6. The molecule has 0 aliphatic heterocycles. The van der Waals surface area contributed by atoms with E-state index in [0.29, 0.717) is 18.1 Å². The summed E-state index contributed by atoms with van der Waals surface area (Å²) in [4.78, 5) is 22.5. The summed E-state index contributed by atoms with van der Waals surface area (Å²) >= 11 is 5.78. The number of anilines is 1. The number of nitrogens with zero attached hydrogens (tertiary/aromatic N) is 1. The molecule has 0 spiro atoms. The van der Waals surface area contributed by atoms with Crippen LogP contribution in [0.4, 0.5) is 11.4 Å². The van der Waals surface area contributed by atoms with Crippen molar-refractivity contribution in [2.45, 2.75) is 6.61 Å². The molecule has 0 fully saturated rings. The molecule has 0 saturated heterocycles. The molecule has 1 N–H and O–H groups in total. The van der Waals surface area contributed by atoms with Crippen LogP contribution in [0.5, 0.6) is 11.5 Å². The molecule has 3 aromatic carbocycles. The van der Waals surface area contributed by atoms with E-state index in [9.17, 15) is 14.9 Å². The van der Waals surface area contributed by atoms with Gasteiger partial charge >= 0.3 is 0 Å². The van der Waals surface area contributed by atoms with Gasteiger partial charge in [0, 0.05) is 17.8 Å². The first kappa shape index (κ1) is 21.9. The Hall–Kier alpha value is -3.84. The Bertz CT molecular complexity index is 1120. The van der Waals surface area contributed by atoms with Crippen molar-refractivity contribution in [2.75, 3.05) is 12.4 Å². The molecule has 0 unspecified atom stereocenters. The lowest BCUT2D eigenvalue weighted by atomic mass is 10.2. The molecule has 3 rings (SSSR count). The Morgan fingerprint density at radius 1 is 1.10 bits per heavy atom. The van der Waals surface area contributed by atoms with Gasteiger partial charge in [0.15, 0.2) is 11.5 Å². The number of rotatable bonds is 8. The van der Waals surface area contributed by atoms with Gasteiger partial charge in [-0.05, 0) is 41.5 Å². The normalized spacial score (nSPS) is 10.6. The highest BCUT2D eigenvalue weighted by Gasteiger charge is 2.13. The molecular formula is C23H19ClN2O5. The Labute approximate surface area is 184 Å². The van der Waals surface area contributed by atoms with Gasteiger partial charge in [-0.25, -0.2) is 0 Å².